The van der Waals surface area contributed by atoms with E-state index in [0.29, 0.717) is 17.9 Å². The van der Waals surface area contributed by atoms with Crippen LogP contribution in [0.5, 0.6) is 11.5 Å². The molecule has 0 aromatic heterocycles. The van der Waals surface area contributed by atoms with Crippen LogP contribution in [0.15, 0.2) is 66.7 Å². The van der Waals surface area contributed by atoms with Crippen LogP contribution in [0.4, 0.5) is 4.79 Å². The molecule has 2 N–H and O–H groups in total. The van der Waals surface area contributed by atoms with Crippen LogP contribution in [0.2, 0.25) is 0 Å². The number of hydrogen-bond donors (Lipinski definition) is 2. The van der Waals surface area contributed by atoms with Crippen LogP contribution < -0.4 is 14.8 Å². The van der Waals surface area contributed by atoms with E-state index in [2.05, 4.69) is 17.4 Å². The van der Waals surface area contributed by atoms with Crippen molar-refractivity contribution in [2.24, 2.45) is 0 Å². The third kappa shape index (κ3) is 4.83. The van der Waals surface area contributed by atoms with E-state index in [0.717, 1.165) is 27.8 Å². The van der Waals surface area contributed by atoms with Gasteiger partial charge in [0.25, 0.3) is 0 Å². The molecule has 0 radical (unpaired) electrons. The van der Waals surface area contributed by atoms with E-state index in [1.165, 1.54) is 0 Å². The zero-order chi connectivity index (χ0) is 24.1. The SMILES string of the molecule is COc1ccc(OC)c(CC[C@H](NC(=O)OCC2c3ccccc3-c3ccccc32)C(=O)O)c1. The maximum absolute atomic E-state index is 12.5. The number of rotatable bonds is 9. The minimum Gasteiger partial charge on any atom is -0.497 e. The Bertz CT molecular complexity index is 1150. The molecule has 3 aromatic rings. The summed E-state index contributed by atoms with van der Waals surface area (Å²) in [6.45, 7) is 0.121. The lowest BCUT2D eigenvalue weighted by atomic mass is 9.98. The molecule has 7 nitrogen and oxygen atoms in total. The summed E-state index contributed by atoms with van der Waals surface area (Å²) >= 11 is 0. The number of aryl methyl sites for hydroxylation is 1. The highest BCUT2D eigenvalue weighted by Crippen LogP contribution is 2.44. The number of methoxy groups -OCH3 is 2. The highest BCUT2D eigenvalue weighted by atomic mass is 16.5. The van der Waals surface area contributed by atoms with Gasteiger partial charge in [-0.25, -0.2) is 9.59 Å². The van der Waals surface area contributed by atoms with Crippen LogP contribution in [-0.4, -0.2) is 44.0 Å². The van der Waals surface area contributed by atoms with Crippen LogP contribution in [0.1, 0.15) is 29.0 Å². The summed E-state index contributed by atoms with van der Waals surface area (Å²) in [5, 5.41) is 12.1. The summed E-state index contributed by atoms with van der Waals surface area (Å²) in [6.07, 6.45) is -0.212. The molecule has 1 amide bonds. The number of carbonyl (C=O) groups is 2. The highest BCUT2D eigenvalue weighted by Gasteiger charge is 2.29. The second-order valence-corrected chi connectivity index (χ2v) is 8.08. The fourth-order valence-electron chi connectivity index (χ4n) is 4.42. The first-order valence-corrected chi connectivity index (χ1v) is 11.1. The molecule has 3 aromatic carbocycles. The third-order valence-electron chi connectivity index (χ3n) is 6.12. The van der Waals surface area contributed by atoms with E-state index in [1.807, 2.05) is 36.4 Å². The predicted octanol–water partition coefficient (Wildman–Crippen LogP) is 4.63. The molecule has 0 heterocycles. The fourth-order valence-corrected chi connectivity index (χ4v) is 4.42. The minimum absolute atomic E-state index is 0.0949. The van der Waals surface area contributed by atoms with Crippen LogP contribution in [0.25, 0.3) is 11.1 Å². The zero-order valence-corrected chi connectivity index (χ0v) is 19.1. The predicted molar refractivity (Wildman–Crippen MR) is 127 cm³/mol. The molecule has 1 aliphatic rings. The fraction of sp³-hybridized carbons (Fsp3) is 0.259. The van der Waals surface area contributed by atoms with Gasteiger partial charge in [0, 0.05) is 5.92 Å². The summed E-state index contributed by atoms with van der Waals surface area (Å²) in [5.41, 5.74) is 5.24. The Balaban J connectivity index is 1.39. The van der Waals surface area contributed by atoms with Gasteiger partial charge in [-0.05, 0) is 58.9 Å². The average molecular weight is 462 g/mol. The lowest BCUT2D eigenvalue weighted by Gasteiger charge is -2.18. The number of alkyl carbamates (subject to hydrolysis) is 1. The van der Waals surface area contributed by atoms with Crippen molar-refractivity contribution in [1.29, 1.82) is 0 Å². The van der Waals surface area contributed by atoms with Crippen LogP contribution in [0, 0.1) is 0 Å². The van der Waals surface area contributed by atoms with Gasteiger partial charge in [-0.1, -0.05) is 48.5 Å². The molecule has 0 aliphatic heterocycles. The Kier molecular flexibility index (Phi) is 7.01. The molecule has 0 bridgehead atoms. The van der Waals surface area contributed by atoms with Crippen molar-refractivity contribution in [2.75, 3.05) is 20.8 Å². The van der Waals surface area contributed by atoms with E-state index in [4.69, 9.17) is 14.2 Å². The van der Waals surface area contributed by atoms with Crippen molar-refractivity contribution in [3.8, 4) is 22.6 Å². The molecular formula is C27H27NO6. The molecule has 1 atom stereocenters. The number of nitrogens with one attached hydrogen (secondary N) is 1. The standard InChI is InChI=1S/C27H27NO6/c1-32-18-12-14-25(33-2)17(15-18)11-13-24(26(29)30)28-27(31)34-16-23-21-9-5-3-7-19(21)20-8-4-6-10-22(20)23/h3-10,12,14-15,23-24H,11,13,16H2,1-2H3,(H,28,31)(H,29,30)/t24-/m0/s1. The van der Waals surface area contributed by atoms with Gasteiger partial charge in [0.15, 0.2) is 0 Å². The van der Waals surface area contributed by atoms with E-state index < -0.39 is 18.1 Å². The van der Waals surface area contributed by atoms with E-state index in [1.54, 1.807) is 32.4 Å². The van der Waals surface area contributed by atoms with Crippen molar-refractivity contribution in [3.05, 3.63) is 83.4 Å². The summed E-state index contributed by atoms with van der Waals surface area (Å²) in [5.74, 6) is 0.0519. The lowest BCUT2D eigenvalue weighted by molar-refractivity contribution is -0.139. The van der Waals surface area contributed by atoms with Gasteiger partial charge in [0.05, 0.1) is 14.2 Å². The molecule has 0 saturated carbocycles. The summed E-state index contributed by atoms with van der Waals surface area (Å²) in [4.78, 5) is 24.3. The van der Waals surface area contributed by atoms with Gasteiger partial charge in [-0.3, -0.25) is 0 Å². The second-order valence-electron chi connectivity index (χ2n) is 8.08. The Labute approximate surface area is 198 Å². The number of benzene rings is 3. The number of ether oxygens (including phenoxy) is 3. The summed E-state index contributed by atoms with van der Waals surface area (Å²) in [7, 11) is 3.11. The van der Waals surface area contributed by atoms with E-state index in [-0.39, 0.29) is 18.9 Å². The van der Waals surface area contributed by atoms with Crippen molar-refractivity contribution < 1.29 is 28.9 Å². The number of carboxylic acids is 1. The van der Waals surface area contributed by atoms with E-state index in [9.17, 15) is 14.7 Å². The topological polar surface area (TPSA) is 94.1 Å². The summed E-state index contributed by atoms with van der Waals surface area (Å²) in [6, 6.07) is 20.3. The first-order chi connectivity index (χ1) is 16.5. The molecule has 0 unspecified atom stereocenters. The highest BCUT2D eigenvalue weighted by molar-refractivity contribution is 5.81. The van der Waals surface area contributed by atoms with Crippen LogP contribution >= 0.6 is 0 Å². The first kappa shape index (κ1) is 23.2. The Hall–Kier alpha value is -4.00. The monoisotopic (exact) mass is 461 g/mol. The maximum atomic E-state index is 12.5. The van der Waals surface area contributed by atoms with Crippen molar-refractivity contribution in [2.45, 2.75) is 24.8 Å². The molecule has 0 saturated heterocycles. The number of hydrogen-bond acceptors (Lipinski definition) is 5. The average Bonchev–Trinajstić information content (AvgIpc) is 3.18. The first-order valence-electron chi connectivity index (χ1n) is 11.1. The quantitative estimate of drug-likeness (QED) is 0.483. The molecule has 1 aliphatic carbocycles. The molecule has 176 valence electrons. The van der Waals surface area contributed by atoms with Crippen molar-refractivity contribution in [3.63, 3.8) is 0 Å². The lowest BCUT2D eigenvalue weighted by Crippen LogP contribution is -2.41. The number of aliphatic carboxylic acids is 1. The molecule has 0 spiro atoms. The van der Waals surface area contributed by atoms with E-state index >= 15 is 0 Å². The normalized spacial score (nSPS) is 12.9. The number of amides is 1. The largest absolute Gasteiger partial charge is 0.497 e. The summed E-state index contributed by atoms with van der Waals surface area (Å²) < 4.78 is 16.1. The Morgan fingerprint density at radius 2 is 1.59 bits per heavy atom. The van der Waals surface area contributed by atoms with Crippen molar-refractivity contribution in [1.82, 2.24) is 5.32 Å². The van der Waals surface area contributed by atoms with Gasteiger partial charge in [0.1, 0.15) is 24.1 Å². The smallest absolute Gasteiger partial charge is 0.407 e. The van der Waals surface area contributed by atoms with Gasteiger partial charge in [-0.2, -0.15) is 0 Å². The maximum Gasteiger partial charge on any atom is 0.407 e. The third-order valence-corrected chi connectivity index (χ3v) is 6.12. The van der Waals surface area contributed by atoms with Gasteiger partial charge < -0.3 is 24.6 Å². The number of fused-ring (bicyclic) bond motifs is 3. The van der Waals surface area contributed by atoms with Crippen LogP contribution in [-0.2, 0) is 16.0 Å². The molecule has 7 heteroatoms. The van der Waals surface area contributed by atoms with Gasteiger partial charge in [0.2, 0.25) is 0 Å². The van der Waals surface area contributed by atoms with Gasteiger partial charge >= 0.3 is 12.1 Å². The number of carbonyl (C=O) groups excluding carboxylic acids is 1. The molecule has 34 heavy (non-hydrogen) atoms. The van der Waals surface area contributed by atoms with Crippen LogP contribution in [0.3, 0.4) is 0 Å². The zero-order valence-electron chi connectivity index (χ0n) is 19.1. The molecule has 0 fully saturated rings. The second kappa shape index (κ2) is 10.3. The Morgan fingerprint density at radius 1 is 0.941 bits per heavy atom. The minimum atomic E-state index is -1.13. The molecule has 4 rings (SSSR count). The number of carboxylic acid groups (broad SMARTS) is 1. The van der Waals surface area contributed by atoms with Gasteiger partial charge in [-0.15, -0.1) is 0 Å². The van der Waals surface area contributed by atoms with Crippen molar-refractivity contribution >= 4 is 12.1 Å². The Morgan fingerprint density at radius 3 is 2.18 bits per heavy atom. The molecular weight excluding hydrogens is 434 g/mol.